The van der Waals surface area contributed by atoms with Crippen LogP contribution in [0.2, 0.25) is 0 Å². The maximum Gasteiger partial charge on any atom is 0.335 e. The molecule has 3 aromatic rings. The molecule has 1 N–H and O–H groups in total. The third-order valence-electron chi connectivity index (χ3n) is 5.94. The van der Waals surface area contributed by atoms with Crippen LogP contribution in [0.5, 0.6) is 5.75 Å². The van der Waals surface area contributed by atoms with E-state index in [0.29, 0.717) is 33.7 Å². The molecule has 3 aromatic carbocycles. The monoisotopic (exact) mass is 481 g/mol. The number of para-hydroxylation sites is 1. The summed E-state index contributed by atoms with van der Waals surface area (Å²) in [5.74, 6) is -2.00. The van der Waals surface area contributed by atoms with Crippen molar-refractivity contribution in [1.82, 2.24) is 10.2 Å². The third kappa shape index (κ3) is 3.82. The van der Waals surface area contributed by atoms with E-state index in [2.05, 4.69) is 5.32 Å². The Balaban J connectivity index is 1.48. The number of hydrogen-bond donors (Lipinski definition) is 1. The quantitative estimate of drug-likeness (QED) is 0.340. The van der Waals surface area contributed by atoms with E-state index >= 15 is 0 Å². The van der Waals surface area contributed by atoms with E-state index in [9.17, 15) is 24.0 Å². The van der Waals surface area contributed by atoms with Gasteiger partial charge in [-0.15, -0.1) is 0 Å². The van der Waals surface area contributed by atoms with Gasteiger partial charge in [0.1, 0.15) is 11.3 Å². The predicted octanol–water partition coefficient (Wildman–Crippen LogP) is 3.16. The van der Waals surface area contributed by atoms with Crippen LogP contribution >= 0.6 is 0 Å². The highest BCUT2D eigenvalue weighted by Crippen LogP contribution is 2.29. The fraction of sp³-hybridized carbons (Fsp3) is 0.0741. The number of urea groups is 1. The second-order valence-corrected chi connectivity index (χ2v) is 8.11. The van der Waals surface area contributed by atoms with Crippen LogP contribution in [0.4, 0.5) is 10.5 Å². The van der Waals surface area contributed by atoms with Gasteiger partial charge >= 0.3 is 6.03 Å². The van der Waals surface area contributed by atoms with E-state index in [-0.39, 0.29) is 12.1 Å². The summed E-state index contributed by atoms with van der Waals surface area (Å²) in [6.45, 7) is -0.0682. The van der Waals surface area contributed by atoms with Gasteiger partial charge in [-0.3, -0.25) is 29.4 Å². The van der Waals surface area contributed by atoms with Gasteiger partial charge in [0.25, 0.3) is 23.6 Å². The van der Waals surface area contributed by atoms with Gasteiger partial charge in [-0.2, -0.15) is 0 Å². The number of amides is 6. The molecule has 0 atom stereocenters. The van der Waals surface area contributed by atoms with E-state index < -0.39 is 29.7 Å². The number of anilines is 1. The highest BCUT2D eigenvalue weighted by molar-refractivity contribution is 6.39. The summed E-state index contributed by atoms with van der Waals surface area (Å²) in [5, 5.41) is 2.18. The van der Waals surface area contributed by atoms with Gasteiger partial charge in [-0.05, 0) is 48.0 Å². The van der Waals surface area contributed by atoms with Gasteiger partial charge in [0.05, 0.1) is 30.5 Å². The van der Waals surface area contributed by atoms with Crippen LogP contribution in [-0.4, -0.2) is 41.7 Å². The van der Waals surface area contributed by atoms with Gasteiger partial charge in [0.15, 0.2) is 0 Å². The van der Waals surface area contributed by atoms with Gasteiger partial charge in [0, 0.05) is 5.56 Å². The molecule has 0 unspecified atom stereocenters. The Morgan fingerprint density at radius 3 is 2.08 bits per heavy atom. The molecule has 0 bridgehead atoms. The van der Waals surface area contributed by atoms with E-state index in [1.165, 1.54) is 13.2 Å². The number of imide groups is 3. The average molecular weight is 481 g/mol. The maximum atomic E-state index is 13.1. The molecule has 1 fully saturated rings. The smallest absolute Gasteiger partial charge is 0.335 e. The number of carbonyl (C=O) groups is 5. The van der Waals surface area contributed by atoms with E-state index in [1.807, 2.05) is 0 Å². The minimum Gasteiger partial charge on any atom is -0.496 e. The van der Waals surface area contributed by atoms with Crippen LogP contribution in [0, 0.1) is 0 Å². The molecular weight excluding hydrogens is 462 g/mol. The number of benzene rings is 3. The molecule has 9 nitrogen and oxygen atoms in total. The van der Waals surface area contributed by atoms with Crippen molar-refractivity contribution in [2.24, 2.45) is 0 Å². The summed E-state index contributed by atoms with van der Waals surface area (Å²) in [7, 11) is 1.46. The number of fused-ring (bicyclic) bond motifs is 1. The van der Waals surface area contributed by atoms with Crippen molar-refractivity contribution >= 4 is 41.4 Å². The Hall–Kier alpha value is -5.05. The number of nitrogens with zero attached hydrogens (tertiary/aromatic N) is 2. The van der Waals surface area contributed by atoms with Gasteiger partial charge in [0.2, 0.25) is 0 Å². The zero-order valence-electron chi connectivity index (χ0n) is 19.1. The summed E-state index contributed by atoms with van der Waals surface area (Å²) in [5.41, 5.74) is 1.68. The second-order valence-electron chi connectivity index (χ2n) is 8.11. The Labute approximate surface area is 205 Å². The molecule has 2 aliphatic heterocycles. The Morgan fingerprint density at radius 2 is 1.44 bits per heavy atom. The number of methoxy groups -OCH3 is 1. The molecule has 5 rings (SSSR count). The Morgan fingerprint density at radius 1 is 0.806 bits per heavy atom. The zero-order valence-corrected chi connectivity index (χ0v) is 19.1. The zero-order chi connectivity index (χ0) is 25.4. The number of rotatable bonds is 5. The standard InChI is InChI=1S/C27H19N3O6/c1-36-22-12-11-16(13-17(22)15-29-24(32)19-9-5-6-10-20(19)25(29)33)14-21-23(31)28-27(35)30(26(21)34)18-7-3-2-4-8-18/h2-14H,15H2,1H3,(H,28,31,35)/b21-14+. The molecule has 2 aliphatic rings. The van der Waals surface area contributed by atoms with Crippen LogP contribution in [-0.2, 0) is 16.1 Å². The highest BCUT2D eigenvalue weighted by Gasteiger charge is 2.37. The summed E-state index contributed by atoms with van der Waals surface area (Å²) in [6, 6.07) is 18.9. The molecule has 2 heterocycles. The van der Waals surface area contributed by atoms with Crippen LogP contribution in [0.1, 0.15) is 31.8 Å². The van der Waals surface area contributed by atoms with E-state index in [4.69, 9.17) is 4.74 Å². The fourth-order valence-electron chi connectivity index (χ4n) is 4.20. The molecule has 0 aliphatic carbocycles. The van der Waals surface area contributed by atoms with Crippen LogP contribution in [0.15, 0.2) is 78.4 Å². The van der Waals surface area contributed by atoms with Crippen LogP contribution in [0.3, 0.4) is 0 Å². The SMILES string of the molecule is COc1ccc(/C=C2\C(=O)NC(=O)N(c3ccccc3)C2=O)cc1CN1C(=O)c2ccccc2C1=O. The minimum atomic E-state index is -0.839. The lowest BCUT2D eigenvalue weighted by atomic mass is 10.0. The number of hydrogen-bond acceptors (Lipinski definition) is 6. The topological polar surface area (TPSA) is 113 Å². The molecule has 0 saturated carbocycles. The van der Waals surface area contributed by atoms with Crippen molar-refractivity contribution in [2.75, 3.05) is 12.0 Å². The lowest BCUT2D eigenvalue weighted by molar-refractivity contribution is -0.122. The summed E-state index contributed by atoms with van der Waals surface area (Å²) < 4.78 is 5.41. The summed E-state index contributed by atoms with van der Waals surface area (Å²) in [4.78, 5) is 65.6. The molecule has 0 spiro atoms. The number of barbiturate groups is 1. The van der Waals surface area contributed by atoms with E-state index in [0.717, 1.165) is 9.80 Å². The van der Waals surface area contributed by atoms with Crippen molar-refractivity contribution in [2.45, 2.75) is 6.54 Å². The second kappa shape index (κ2) is 8.95. The fourth-order valence-corrected chi connectivity index (χ4v) is 4.20. The van der Waals surface area contributed by atoms with Crippen LogP contribution in [0.25, 0.3) is 6.08 Å². The average Bonchev–Trinajstić information content (AvgIpc) is 3.12. The lowest BCUT2D eigenvalue weighted by Crippen LogP contribution is -2.54. The van der Waals surface area contributed by atoms with Gasteiger partial charge in [-0.25, -0.2) is 9.69 Å². The molecule has 0 radical (unpaired) electrons. The molecule has 178 valence electrons. The Kier molecular flexibility index (Phi) is 5.65. The van der Waals surface area contributed by atoms with E-state index in [1.54, 1.807) is 72.8 Å². The molecule has 0 aromatic heterocycles. The first-order valence-electron chi connectivity index (χ1n) is 11.0. The number of nitrogens with one attached hydrogen (secondary N) is 1. The molecule has 9 heteroatoms. The number of carbonyl (C=O) groups excluding carboxylic acids is 5. The van der Waals surface area contributed by atoms with Crippen molar-refractivity contribution in [3.05, 3.63) is 101 Å². The summed E-state index contributed by atoms with van der Waals surface area (Å²) in [6.07, 6.45) is 1.35. The van der Waals surface area contributed by atoms with Crippen molar-refractivity contribution in [3.8, 4) is 5.75 Å². The third-order valence-corrected chi connectivity index (χ3v) is 5.94. The minimum absolute atomic E-state index is 0.0682. The first kappa shape index (κ1) is 22.7. The Bertz CT molecular complexity index is 1440. The lowest BCUT2D eigenvalue weighted by Gasteiger charge is -2.26. The highest BCUT2D eigenvalue weighted by atomic mass is 16.5. The molecule has 6 amide bonds. The first-order chi connectivity index (χ1) is 17.4. The summed E-state index contributed by atoms with van der Waals surface area (Å²) >= 11 is 0. The molecular formula is C27H19N3O6. The van der Waals surface area contributed by atoms with Crippen molar-refractivity contribution in [3.63, 3.8) is 0 Å². The normalized spacial score (nSPS) is 16.5. The maximum absolute atomic E-state index is 13.1. The largest absolute Gasteiger partial charge is 0.496 e. The van der Waals surface area contributed by atoms with Crippen molar-refractivity contribution in [1.29, 1.82) is 0 Å². The molecule has 36 heavy (non-hydrogen) atoms. The first-order valence-corrected chi connectivity index (χ1v) is 11.0. The predicted molar refractivity (Wildman–Crippen MR) is 129 cm³/mol. The molecule has 1 saturated heterocycles. The number of ether oxygens (including phenoxy) is 1. The van der Waals surface area contributed by atoms with Crippen molar-refractivity contribution < 1.29 is 28.7 Å². The van der Waals surface area contributed by atoms with Crippen LogP contribution < -0.4 is 15.0 Å². The van der Waals surface area contributed by atoms with Gasteiger partial charge < -0.3 is 4.74 Å². The van der Waals surface area contributed by atoms with Gasteiger partial charge in [-0.1, -0.05) is 36.4 Å².